The molecule has 0 aromatic heterocycles. The van der Waals surface area contributed by atoms with E-state index in [0.717, 1.165) is 6.07 Å². The van der Waals surface area contributed by atoms with Gasteiger partial charge in [-0.1, -0.05) is 6.07 Å². The highest BCUT2D eigenvalue weighted by Gasteiger charge is 2.11. The highest BCUT2D eigenvalue weighted by atomic mass is 19.3. The molecule has 0 atom stereocenters. The summed E-state index contributed by atoms with van der Waals surface area (Å²) in [5.41, 5.74) is 0.261. The zero-order chi connectivity index (χ0) is 10.0. The van der Waals surface area contributed by atoms with Crippen molar-refractivity contribution < 1.29 is 18.7 Å². The standard InChI is InChI=1S/C9H8F2O2/c1-5-4-6(8(10)11)2-3-7(5)9(12)13/h2-4,8H,1H3,(H,12,13). The molecule has 1 aromatic rings. The van der Waals surface area contributed by atoms with Gasteiger partial charge in [0.2, 0.25) is 0 Å². The lowest BCUT2D eigenvalue weighted by Crippen LogP contribution is -2.00. The smallest absolute Gasteiger partial charge is 0.335 e. The lowest BCUT2D eigenvalue weighted by Gasteiger charge is -2.03. The van der Waals surface area contributed by atoms with E-state index in [9.17, 15) is 13.6 Å². The van der Waals surface area contributed by atoms with E-state index in [1.807, 2.05) is 0 Å². The molecule has 1 rings (SSSR count). The van der Waals surface area contributed by atoms with E-state index in [1.165, 1.54) is 19.1 Å². The Morgan fingerprint density at radius 3 is 2.46 bits per heavy atom. The summed E-state index contributed by atoms with van der Waals surface area (Å²) in [6, 6.07) is 3.51. The van der Waals surface area contributed by atoms with Gasteiger partial charge in [-0.15, -0.1) is 0 Å². The topological polar surface area (TPSA) is 37.3 Å². The van der Waals surface area contributed by atoms with Gasteiger partial charge in [0.25, 0.3) is 6.43 Å². The quantitative estimate of drug-likeness (QED) is 0.770. The molecule has 2 nitrogen and oxygen atoms in total. The second-order valence-electron chi connectivity index (χ2n) is 2.68. The lowest BCUT2D eigenvalue weighted by molar-refractivity contribution is 0.0695. The number of halogens is 2. The van der Waals surface area contributed by atoms with Gasteiger partial charge in [-0.05, 0) is 24.6 Å². The van der Waals surface area contributed by atoms with Crippen molar-refractivity contribution in [1.29, 1.82) is 0 Å². The normalized spacial score (nSPS) is 10.5. The number of carboxylic acids is 1. The number of carboxylic acid groups (broad SMARTS) is 1. The van der Waals surface area contributed by atoms with Crippen LogP contribution in [0.4, 0.5) is 8.78 Å². The van der Waals surface area contributed by atoms with Crippen LogP contribution in [0.5, 0.6) is 0 Å². The molecule has 0 spiro atoms. The molecule has 1 aromatic carbocycles. The van der Waals surface area contributed by atoms with Crippen LogP contribution in [0.1, 0.15) is 27.9 Å². The van der Waals surface area contributed by atoms with Crippen LogP contribution in [0.3, 0.4) is 0 Å². The molecule has 0 bridgehead atoms. The fourth-order valence-corrected chi connectivity index (χ4v) is 1.06. The van der Waals surface area contributed by atoms with Crippen LogP contribution < -0.4 is 0 Å². The van der Waals surface area contributed by atoms with Crippen molar-refractivity contribution >= 4 is 5.97 Å². The third kappa shape index (κ3) is 2.02. The van der Waals surface area contributed by atoms with E-state index < -0.39 is 12.4 Å². The first-order valence-electron chi connectivity index (χ1n) is 3.64. The molecule has 0 aliphatic carbocycles. The Hall–Kier alpha value is -1.45. The molecule has 0 saturated carbocycles. The number of rotatable bonds is 2. The number of aryl methyl sites for hydroxylation is 1. The summed E-state index contributed by atoms with van der Waals surface area (Å²) in [6.45, 7) is 1.50. The molecule has 0 aliphatic heterocycles. The maximum absolute atomic E-state index is 12.1. The van der Waals surface area contributed by atoms with Crippen molar-refractivity contribution in [3.63, 3.8) is 0 Å². The molecule has 0 amide bonds. The van der Waals surface area contributed by atoms with Crippen molar-refractivity contribution in [2.45, 2.75) is 13.3 Å². The number of carbonyl (C=O) groups is 1. The van der Waals surface area contributed by atoms with E-state index in [0.29, 0.717) is 5.56 Å². The first kappa shape index (κ1) is 9.64. The number of alkyl halides is 2. The minimum atomic E-state index is -2.55. The van der Waals surface area contributed by atoms with Gasteiger partial charge in [0.1, 0.15) is 0 Å². The molecule has 4 heteroatoms. The predicted molar refractivity (Wildman–Crippen MR) is 43.1 cm³/mol. The van der Waals surface area contributed by atoms with Crippen molar-refractivity contribution in [3.8, 4) is 0 Å². The fourth-order valence-electron chi connectivity index (χ4n) is 1.06. The zero-order valence-corrected chi connectivity index (χ0v) is 6.92. The van der Waals surface area contributed by atoms with Crippen molar-refractivity contribution in [2.75, 3.05) is 0 Å². The zero-order valence-electron chi connectivity index (χ0n) is 6.92. The number of benzene rings is 1. The maximum atomic E-state index is 12.1. The van der Waals surface area contributed by atoms with Gasteiger partial charge in [0.15, 0.2) is 0 Å². The van der Waals surface area contributed by atoms with Crippen LogP contribution in [0, 0.1) is 6.92 Å². The Labute approximate surface area is 73.8 Å². The predicted octanol–water partition coefficient (Wildman–Crippen LogP) is 2.63. The molecule has 0 fully saturated rings. The van der Waals surface area contributed by atoms with Gasteiger partial charge < -0.3 is 5.11 Å². The molecule has 0 heterocycles. The van der Waals surface area contributed by atoms with Crippen LogP contribution in [0.25, 0.3) is 0 Å². The van der Waals surface area contributed by atoms with Gasteiger partial charge in [-0.3, -0.25) is 0 Å². The number of hydrogen-bond acceptors (Lipinski definition) is 1. The molecule has 70 valence electrons. The van der Waals surface area contributed by atoms with Crippen LogP contribution in [0.15, 0.2) is 18.2 Å². The third-order valence-electron chi connectivity index (χ3n) is 1.73. The first-order valence-corrected chi connectivity index (χ1v) is 3.64. The van der Waals surface area contributed by atoms with Crippen LogP contribution in [-0.4, -0.2) is 11.1 Å². The molecular weight excluding hydrogens is 178 g/mol. The van der Waals surface area contributed by atoms with E-state index in [2.05, 4.69) is 0 Å². The van der Waals surface area contributed by atoms with Crippen LogP contribution >= 0.6 is 0 Å². The average Bonchev–Trinajstić information content (AvgIpc) is 2.03. The Kier molecular flexibility index (Phi) is 2.60. The largest absolute Gasteiger partial charge is 0.478 e. The third-order valence-corrected chi connectivity index (χ3v) is 1.73. The molecule has 1 N–H and O–H groups in total. The van der Waals surface area contributed by atoms with Gasteiger partial charge in [0.05, 0.1) is 5.56 Å². The molecule has 0 unspecified atom stereocenters. The Balaban J connectivity index is 3.13. The highest BCUT2D eigenvalue weighted by Crippen LogP contribution is 2.21. The van der Waals surface area contributed by atoms with Crippen LogP contribution in [0.2, 0.25) is 0 Å². The summed E-state index contributed by atoms with van der Waals surface area (Å²) in [5, 5.41) is 8.61. The Morgan fingerprint density at radius 2 is 2.08 bits per heavy atom. The fraction of sp³-hybridized carbons (Fsp3) is 0.222. The minimum absolute atomic E-state index is 0.0596. The lowest BCUT2D eigenvalue weighted by atomic mass is 10.1. The molecule has 13 heavy (non-hydrogen) atoms. The van der Waals surface area contributed by atoms with Gasteiger partial charge in [-0.2, -0.15) is 0 Å². The monoisotopic (exact) mass is 186 g/mol. The van der Waals surface area contributed by atoms with Crippen molar-refractivity contribution in [3.05, 3.63) is 34.9 Å². The van der Waals surface area contributed by atoms with E-state index in [4.69, 9.17) is 5.11 Å². The van der Waals surface area contributed by atoms with E-state index in [1.54, 1.807) is 0 Å². The van der Waals surface area contributed by atoms with Gasteiger partial charge in [0, 0.05) is 5.56 Å². The Bertz CT molecular complexity index is 334. The summed E-state index contributed by atoms with van der Waals surface area (Å²) in [7, 11) is 0. The Morgan fingerprint density at radius 1 is 1.46 bits per heavy atom. The van der Waals surface area contributed by atoms with Gasteiger partial charge >= 0.3 is 5.97 Å². The number of hydrogen-bond donors (Lipinski definition) is 1. The second kappa shape index (κ2) is 3.51. The van der Waals surface area contributed by atoms with Gasteiger partial charge in [-0.25, -0.2) is 13.6 Å². The first-order chi connectivity index (χ1) is 6.02. The summed E-state index contributed by atoms with van der Waals surface area (Å²) in [4.78, 5) is 10.5. The molecule has 0 saturated heterocycles. The SMILES string of the molecule is Cc1cc(C(F)F)ccc1C(=O)O. The van der Waals surface area contributed by atoms with E-state index >= 15 is 0 Å². The second-order valence-corrected chi connectivity index (χ2v) is 2.68. The summed E-state index contributed by atoms with van der Waals surface area (Å²) >= 11 is 0. The van der Waals surface area contributed by atoms with Crippen molar-refractivity contribution in [1.82, 2.24) is 0 Å². The molecular formula is C9H8F2O2. The van der Waals surface area contributed by atoms with E-state index in [-0.39, 0.29) is 11.1 Å². The number of aromatic carboxylic acids is 1. The molecule has 0 aliphatic rings. The summed E-state index contributed by atoms with van der Waals surface area (Å²) in [5.74, 6) is -1.10. The molecule has 0 radical (unpaired) electrons. The van der Waals surface area contributed by atoms with Crippen LogP contribution in [-0.2, 0) is 0 Å². The van der Waals surface area contributed by atoms with Crippen molar-refractivity contribution in [2.24, 2.45) is 0 Å². The summed E-state index contributed by atoms with van der Waals surface area (Å²) < 4.78 is 24.3. The summed E-state index contributed by atoms with van der Waals surface area (Å²) in [6.07, 6.45) is -2.55. The maximum Gasteiger partial charge on any atom is 0.335 e. The average molecular weight is 186 g/mol. The highest BCUT2D eigenvalue weighted by molar-refractivity contribution is 5.89. The minimum Gasteiger partial charge on any atom is -0.478 e.